The number of fused-ring (bicyclic) bond motifs is 2. The first-order valence-corrected chi connectivity index (χ1v) is 15.0. The Bertz CT molecular complexity index is 1580. The van der Waals surface area contributed by atoms with Gasteiger partial charge in [0.15, 0.2) is 0 Å². The third-order valence-corrected chi connectivity index (χ3v) is 8.23. The van der Waals surface area contributed by atoms with Gasteiger partial charge in [0.25, 0.3) is 11.8 Å². The summed E-state index contributed by atoms with van der Waals surface area (Å²) in [5.41, 5.74) is 4.69. The highest BCUT2D eigenvalue weighted by molar-refractivity contribution is 6.23. The fourth-order valence-electron chi connectivity index (χ4n) is 5.49. The lowest BCUT2D eigenvalue weighted by atomic mass is 9.95. The summed E-state index contributed by atoms with van der Waals surface area (Å²) < 4.78 is 20.4. The van der Waals surface area contributed by atoms with E-state index in [4.69, 9.17) is 9.73 Å². The zero-order valence-electron chi connectivity index (χ0n) is 25.5. The Morgan fingerprint density at radius 3 is 2.58 bits per heavy atom. The van der Waals surface area contributed by atoms with Gasteiger partial charge in [0.2, 0.25) is 0 Å². The number of pyridine rings is 1. The van der Waals surface area contributed by atoms with E-state index in [0.717, 1.165) is 35.2 Å². The summed E-state index contributed by atoms with van der Waals surface area (Å²) in [6.45, 7) is 5.71. The number of benzene rings is 1. The van der Waals surface area contributed by atoms with Crippen molar-refractivity contribution in [1.29, 1.82) is 0 Å². The second-order valence-electron chi connectivity index (χ2n) is 11.5. The van der Waals surface area contributed by atoms with E-state index >= 15 is 0 Å². The molecule has 1 atom stereocenters. The number of carbonyl (C=O) groups excluding carboxylic acids is 2. The molecule has 1 aromatic heterocycles. The number of nitrogens with zero attached hydrogens (tertiary/aromatic N) is 3. The van der Waals surface area contributed by atoms with Gasteiger partial charge in [-0.1, -0.05) is 32.1 Å². The fourth-order valence-corrected chi connectivity index (χ4v) is 5.49. The smallest absolute Gasteiger partial charge is 0.259 e. The number of amides is 2. The second-order valence-corrected chi connectivity index (χ2v) is 11.5. The van der Waals surface area contributed by atoms with Crippen LogP contribution in [-0.2, 0) is 15.1 Å². The number of aromatic nitrogens is 1. The molecular formula is C35H39FN4O3. The normalized spacial score (nSPS) is 19.5. The van der Waals surface area contributed by atoms with Crippen molar-refractivity contribution in [2.24, 2.45) is 4.99 Å². The van der Waals surface area contributed by atoms with Crippen LogP contribution < -0.4 is 5.32 Å². The fraction of sp³-hybridized carbons (Fsp3) is 0.371. The van der Waals surface area contributed by atoms with E-state index in [2.05, 4.69) is 10.3 Å². The Labute approximate surface area is 252 Å². The van der Waals surface area contributed by atoms with Gasteiger partial charge >= 0.3 is 0 Å². The van der Waals surface area contributed by atoms with Crippen molar-refractivity contribution in [3.05, 3.63) is 112 Å². The molecule has 7 nitrogen and oxygen atoms in total. The predicted molar refractivity (Wildman–Crippen MR) is 166 cm³/mol. The molecule has 3 heterocycles. The lowest BCUT2D eigenvalue weighted by Gasteiger charge is -2.26. The van der Waals surface area contributed by atoms with Gasteiger partial charge in [0.05, 0.1) is 28.8 Å². The molecule has 1 N–H and O–H groups in total. The third kappa shape index (κ3) is 6.38. The average Bonchev–Trinajstić information content (AvgIpc) is 3.81. The minimum atomic E-state index is -0.423. The van der Waals surface area contributed by atoms with E-state index in [0.29, 0.717) is 47.6 Å². The summed E-state index contributed by atoms with van der Waals surface area (Å²) in [4.78, 5) is 38.2. The van der Waals surface area contributed by atoms with Crippen LogP contribution in [0.5, 0.6) is 0 Å². The van der Waals surface area contributed by atoms with Crippen LogP contribution in [0.3, 0.4) is 0 Å². The first-order chi connectivity index (χ1) is 20.7. The van der Waals surface area contributed by atoms with Crippen molar-refractivity contribution in [2.45, 2.75) is 70.9 Å². The second kappa shape index (κ2) is 12.5. The van der Waals surface area contributed by atoms with Gasteiger partial charge < -0.3 is 15.0 Å². The molecule has 0 spiro atoms. The molecule has 224 valence electrons. The molecular weight excluding hydrogens is 543 g/mol. The number of hydrogen-bond acceptors (Lipinski definition) is 5. The van der Waals surface area contributed by atoms with Crippen LogP contribution in [0.25, 0.3) is 0 Å². The summed E-state index contributed by atoms with van der Waals surface area (Å²) in [7, 11) is 3.39. The van der Waals surface area contributed by atoms with Crippen molar-refractivity contribution in [3.8, 4) is 0 Å². The van der Waals surface area contributed by atoms with Crippen LogP contribution in [0.1, 0.15) is 85.6 Å². The van der Waals surface area contributed by atoms with E-state index in [1.807, 2.05) is 56.3 Å². The Balaban J connectivity index is 1.52. The molecule has 3 aliphatic rings. The van der Waals surface area contributed by atoms with Gasteiger partial charge in [0.1, 0.15) is 17.1 Å². The van der Waals surface area contributed by atoms with Crippen LogP contribution in [0.15, 0.2) is 94.3 Å². The quantitative estimate of drug-likeness (QED) is 0.325. The monoisotopic (exact) mass is 582 g/mol. The number of rotatable bonds is 9. The maximum Gasteiger partial charge on any atom is 0.259 e. The number of nitrogens with one attached hydrogen (secondary N) is 1. The highest BCUT2D eigenvalue weighted by Gasteiger charge is 2.47. The van der Waals surface area contributed by atoms with Gasteiger partial charge in [-0.05, 0) is 92.1 Å². The summed E-state index contributed by atoms with van der Waals surface area (Å²) in [6, 6.07) is 11.1. The minimum Gasteiger partial charge on any atom is -0.460 e. The number of carbonyl (C=O) groups is 2. The Morgan fingerprint density at radius 2 is 1.93 bits per heavy atom. The van der Waals surface area contributed by atoms with Crippen LogP contribution in [0, 0.1) is 6.92 Å². The van der Waals surface area contributed by atoms with Gasteiger partial charge in [-0.2, -0.15) is 0 Å². The lowest BCUT2D eigenvalue weighted by molar-refractivity contribution is -0.124. The molecule has 2 aromatic rings. The first kappa shape index (κ1) is 30.1. The van der Waals surface area contributed by atoms with E-state index in [-0.39, 0.29) is 30.1 Å². The zero-order valence-corrected chi connectivity index (χ0v) is 25.5. The molecule has 1 fully saturated rings. The highest BCUT2D eigenvalue weighted by atomic mass is 19.1. The number of aryl methyl sites for hydroxylation is 1. The highest BCUT2D eigenvalue weighted by Crippen LogP contribution is 2.45. The van der Waals surface area contributed by atoms with Gasteiger partial charge in [-0.15, -0.1) is 0 Å². The van der Waals surface area contributed by atoms with Crippen molar-refractivity contribution in [2.75, 3.05) is 14.1 Å². The van der Waals surface area contributed by atoms with Gasteiger partial charge in [-0.25, -0.2) is 4.39 Å². The molecule has 1 aliphatic carbocycles. The summed E-state index contributed by atoms with van der Waals surface area (Å²) in [5.74, 6) is 0.517. The van der Waals surface area contributed by atoms with Crippen LogP contribution >= 0.6 is 0 Å². The minimum absolute atomic E-state index is 0.151. The number of halogens is 1. The Hall–Kier alpha value is -4.33. The number of likely N-dealkylation sites (N-methyl/N-ethyl adjacent to an activating group) is 1. The average molecular weight is 583 g/mol. The largest absolute Gasteiger partial charge is 0.460 e. The molecule has 2 bridgehead atoms. The van der Waals surface area contributed by atoms with E-state index < -0.39 is 5.54 Å². The summed E-state index contributed by atoms with van der Waals surface area (Å²) >= 11 is 0. The molecule has 2 amide bonds. The molecule has 2 aliphatic heterocycles. The molecule has 0 radical (unpaired) electrons. The van der Waals surface area contributed by atoms with E-state index in [1.165, 1.54) is 11.0 Å². The van der Waals surface area contributed by atoms with Crippen LogP contribution in [-0.4, -0.2) is 41.5 Å². The maximum atomic E-state index is 14.0. The van der Waals surface area contributed by atoms with Gasteiger partial charge in [-0.3, -0.25) is 19.6 Å². The van der Waals surface area contributed by atoms with Crippen LogP contribution in [0.4, 0.5) is 4.39 Å². The molecule has 8 heteroatoms. The number of ether oxygens (including phenoxy) is 1. The predicted octanol–water partition coefficient (Wildman–Crippen LogP) is 6.94. The van der Waals surface area contributed by atoms with E-state index in [9.17, 15) is 14.0 Å². The number of hydrogen-bond donors (Lipinski definition) is 1. The van der Waals surface area contributed by atoms with E-state index in [1.54, 1.807) is 33.3 Å². The first-order valence-electron chi connectivity index (χ1n) is 15.0. The number of aliphatic imine (C=N–C) groups is 1. The zero-order chi connectivity index (χ0) is 30.7. The van der Waals surface area contributed by atoms with Crippen molar-refractivity contribution in [3.63, 3.8) is 0 Å². The lowest BCUT2D eigenvalue weighted by Crippen LogP contribution is -2.35. The molecule has 5 rings (SSSR count). The molecule has 1 unspecified atom stereocenters. The summed E-state index contributed by atoms with van der Waals surface area (Å²) in [5, 5.41) is 3.22. The Kier molecular flexibility index (Phi) is 8.76. The summed E-state index contributed by atoms with van der Waals surface area (Å²) in [6.07, 6.45) is 10.4. The topological polar surface area (TPSA) is 83.9 Å². The molecule has 43 heavy (non-hydrogen) atoms. The maximum absolute atomic E-state index is 14.0. The van der Waals surface area contributed by atoms with Gasteiger partial charge in [0, 0.05) is 32.3 Å². The number of allylic oxidation sites excluding steroid dienone is 5. The standard InChI is InChI=1S/C35H39FN4O3/c1-6-23(13-14-25(36)7-2)32-31(34(42)40(4)5)29-21-26(43-32)15-16-28(38-29)27-20-24(12-11-22(27)3)33(41)39-35(17-18-35)30-10-8-9-19-37-30/h8-15,19-20,28H,6-7,16-18,21H2,1-5H3,(H,39,41)/b23-13+,25-14+. The Morgan fingerprint density at radius 1 is 1.14 bits per heavy atom. The third-order valence-electron chi connectivity index (χ3n) is 8.23. The molecule has 0 saturated heterocycles. The van der Waals surface area contributed by atoms with Crippen molar-refractivity contribution >= 4 is 17.5 Å². The van der Waals surface area contributed by atoms with Crippen molar-refractivity contribution in [1.82, 2.24) is 15.2 Å². The van der Waals surface area contributed by atoms with Crippen LogP contribution in [0.2, 0.25) is 0 Å². The van der Waals surface area contributed by atoms with Crippen molar-refractivity contribution < 1.29 is 18.7 Å². The molecule has 1 saturated carbocycles. The molecule has 1 aromatic carbocycles. The SMILES string of the molecule is CC/C(F)=C\C=C(/CC)C1=C(C(=O)N(C)C)C2=NC(c3cc(C(=O)NC4(c5ccccn5)CC4)ccc3C)CC=C(C2)O1.